The Hall–Kier alpha value is -0.790. The van der Waals surface area contributed by atoms with Crippen LogP contribution >= 0.6 is 24.0 Å². The molecule has 4 nitrogen and oxygen atoms in total. The molecule has 0 radical (unpaired) electrons. The van der Waals surface area contributed by atoms with Crippen molar-refractivity contribution in [2.24, 2.45) is 10.9 Å². The third-order valence-corrected chi connectivity index (χ3v) is 4.24. The summed E-state index contributed by atoms with van der Waals surface area (Å²) in [6.07, 6.45) is 8.02. The molecule has 0 spiro atoms. The highest BCUT2D eigenvalue weighted by Gasteiger charge is 2.21. The topological polar surface area (TPSA) is 49.6 Å². The van der Waals surface area contributed by atoms with Gasteiger partial charge in [0.1, 0.15) is 5.76 Å². The quantitative estimate of drug-likeness (QED) is 0.294. The van der Waals surface area contributed by atoms with Crippen molar-refractivity contribution in [2.45, 2.75) is 51.5 Å². The molecule has 1 aliphatic carbocycles. The van der Waals surface area contributed by atoms with E-state index in [2.05, 4.69) is 22.5 Å². The lowest BCUT2D eigenvalue weighted by Crippen LogP contribution is -2.47. The number of hydrogen-bond donors (Lipinski definition) is 2. The van der Waals surface area contributed by atoms with Crippen LogP contribution in [0.1, 0.15) is 44.8 Å². The van der Waals surface area contributed by atoms with Gasteiger partial charge in [0.15, 0.2) is 5.96 Å². The van der Waals surface area contributed by atoms with Gasteiger partial charge in [0.2, 0.25) is 0 Å². The van der Waals surface area contributed by atoms with Crippen LogP contribution in [0.2, 0.25) is 0 Å². The molecule has 0 amide bonds. The van der Waals surface area contributed by atoms with Crippen LogP contribution in [0.4, 0.5) is 4.39 Å². The first kappa shape index (κ1) is 20.3. The van der Waals surface area contributed by atoms with Gasteiger partial charge in [0, 0.05) is 25.6 Å². The average Bonchev–Trinajstić information content (AvgIpc) is 3.03. The number of nitrogens with zero attached hydrogens (tertiary/aromatic N) is 1. The van der Waals surface area contributed by atoms with Crippen molar-refractivity contribution >= 4 is 29.9 Å². The zero-order valence-corrected chi connectivity index (χ0v) is 16.2. The Balaban J connectivity index is 0.00000264. The minimum Gasteiger partial charge on any atom is -0.469 e. The number of aliphatic imine (C=N–C) groups is 1. The number of hydrogen-bond acceptors (Lipinski definition) is 2. The number of furan rings is 1. The van der Waals surface area contributed by atoms with Gasteiger partial charge in [-0.3, -0.25) is 9.38 Å². The van der Waals surface area contributed by atoms with E-state index in [1.54, 1.807) is 6.26 Å². The molecule has 1 aromatic heterocycles. The molecule has 1 saturated carbocycles. The van der Waals surface area contributed by atoms with Gasteiger partial charge >= 0.3 is 0 Å². The molecule has 0 aromatic carbocycles. The van der Waals surface area contributed by atoms with E-state index in [4.69, 9.17) is 4.42 Å². The molecule has 2 atom stereocenters. The molecule has 132 valence electrons. The summed E-state index contributed by atoms with van der Waals surface area (Å²) in [5.74, 6) is 2.42. The monoisotopic (exact) mass is 437 g/mol. The molecule has 6 heteroatoms. The normalized spacial score (nSPS) is 21.6. The summed E-state index contributed by atoms with van der Waals surface area (Å²) in [5, 5.41) is 6.87. The van der Waals surface area contributed by atoms with Crippen LogP contribution in [0, 0.1) is 5.92 Å². The van der Waals surface area contributed by atoms with Gasteiger partial charge in [-0.2, -0.15) is 0 Å². The number of rotatable bonds is 7. The fraction of sp³-hybridized carbons (Fsp3) is 0.706. The fourth-order valence-corrected chi connectivity index (χ4v) is 2.87. The van der Waals surface area contributed by atoms with Gasteiger partial charge in [-0.1, -0.05) is 19.8 Å². The lowest BCUT2D eigenvalue weighted by molar-refractivity contribution is 0.306. The van der Waals surface area contributed by atoms with Crippen LogP contribution in [-0.4, -0.2) is 31.8 Å². The molecule has 2 unspecified atom stereocenters. The van der Waals surface area contributed by atoms with Crippen LogP contribution < -0.4 is 10.6 Å². The zero-order chi connectivity index (χ0) is 15.6. The summed E-state index contributed by atoms with van der Waals surface area (Å²) >= 11 is 0. The second-order valence-electron chi connectivity index (χ2n) is 6.04. The van der Waals surface area contributed by atoms with E-state index in [9.17, 15) is 4.39 Å². The van der Waals surface area contributed by atoms with Crippen LogP contribution in [0.3, 0.4) is 0 Å². The summed E-state index contributed by atoms with van der Waals surface area (Å²) in [7, 11) is 0. The second-order valence-corrected chi connectivity index (χ2v) is 6.04. The maximum Gasteiger partial charge on any atom is 0.191 e. The van der Waals surface area contributed by atoms with Crippen LogP contribution in [0.5, 0.6) is 0 Å². The first-order valence-electron chi connectivity index (χ1n) is 8.43. The maximum absolute atomic E-state index is 12.3. The second kappa shape index (κ2) is 11.7. The molecule has 2 rings (SSSR count). The Labute approximate surface area is 155 Å². The van der Waals surface area contributed by atoms with Crippen molar-refractivity contribution in [3.05, 3.63) is 24.2 Å². The molecule has 1 aliphatic rings. The third kappa shape index (κ3) is 7.54. The van der Waals surface area contributed by atoms with Crippen molar-refractivity contribution in [2.75, 3.05) is 19.8 Å². The predicted octanol–water partition coefficient (Wildman–Crippen LogP) is 3.91. The third-order valence-electron chi connectivity index (χ3n) is 4.24. The molecule has 0 saturated heterocycles. The van der Waals surface area contributed by atoms with Gasteiger partial charge in [0.25, 0.3) is 0 Å². The minimum atomic E-state index is -0.316. The highest BCUT2D eigenvalue weighted by molar-refractivity contribution is 14.0. The highest BCUT2D eigenvalue weighted by atomic mass is 127. The summed E-state index contributed by atoms with van der Waals surface area (Å²) in [5.41, 5.74) is 0. The summed E-state index contributed by atoms with van der Waals surface area (Å²) < 4.78 is 17.6. The lowest BCUT2D eigenvalue weighted by Gasteiger charge is -2.31. The Bertz CT molecular complexity index is 439. The van der Waals surface area contributed by atoms with Gasteiger partial charge in [-0.05, 0) is 37.3 Å². The maximum atomic E-state index is 12.3. The van der Waals surface area contributed by atoms with E-state index >= 15 is 0 Å². The summed E-state index contributed by atoms with van der Waals surface area (Å²) in [6.45, 7) is 3.26. The van der Waals surface area contributed by atoms with Crippen LogP contribution in [0.25, 0.3) is 0 Å². The number of alkyl halides is 1. The Morgan fingerprint density at radius 2 is 2.22 bits per heavy atom. The van der Waals surface area contributed by atoms with Crippen molar-refractivity contribution in [3.63, 3.8) is 0 Å². The smallest absolute Gasteiger partial charge is 0.191 e. The average molecular weight is 437 g/mol. The summed E-state index contributed by atoms with van der Waals surface area (Å²) in [4.78, 5) is 4.48. The van der Waals surface area contributed by atoms with Gasteiger partial charge < -0.3 is 15.1 Å². The van der Waals surface area contributed by atoms with E-state index < -0.39 is 0 Å². The van der Waals surface area contributed by atoms with Crippen LogP contribution in [-0.2, 0) is 6.42 Å². The first-order chi connectivity index (χ1) is 10.8. The SMILES string of the molecule is CC1CCCCC1NC(=NCCCF)NCCc1ccco1.I. The molecule has 0 bridgehead atoms. The molecule has 1 fully saturated rings. The minimum absolute atomic E-state index is 0. The molecule has 1 aromatic rings. The predicted molar refractivity (Wildman–Crippen MR) is 103 cm³/mol. The molecule has 1 heterocycles. The molecular weight excluding hydrogens is 408 g/mol. The Kier molecular flexibility index (Phi) is 10.3. The van der Waals surface area contributed by atoms with E-state index in [0.717, 1.165) is 24.7 Å². The van der Waals surface area contributed by atoms with Gasteiger partial charge in [0.05, 0.1) is 12.9 Å². The van der Waals surface area contributed by atoms with E-state index in [0.29, 0.717) is 24.9 Å². The van der Waals surface area contributed by atoms with Crippen molar-refractivity contribution in [1.29, 1.82) is 0 Å². The van der Waals surface area contributed by atoms with Crippen LogP contribution in [0.15, 0.2) is 27.8 Å². The largest absolute Gasteiger partial charge is 0.469 e. The number of guanidine groups is 1. The zero-order valence-electron chi connectivity index (χ0n) is 13.9. The molecular formula is C17H29FIN3O. The van der Waals surface area contributed by atoms with Crippen molar-refractivity contribution < 1.29 is 8.81 Å². The lowest BCUT2D eigenvalue weighted by atomic mass is 9.86. The summed E-state index contributed by atoms with van der Waals surface area (Å²) in [6, 6.07) is 4.33. The van der Waals surface area contributed by atoms with Crippen molar-refractivity contribution in [1.82, 2.24) is 10.6 Å². The molecule has 23 heavy (non-hydrogen) atoms. The van der Waals surface area contributed by atoms with Gasteiger partial charge in [-0.15, -0.1) is 24.0 Å². The fourth-order valence-electron chi connectivity index (χ4n) is 2.87. The number of halogens is 2. The van der Waals surface area contributed by atoms with Crippen molar-refractivity contribution in [3.8, 4) is 0 Å². The molecule has 0 aliphatic heterocycles. The molecule has 2 N–H and O–H groups in total. The number of nitrogens with one attached hydrogen (secondary N) is 2. The van der Waals surface area contributed by atoms with E-state index in [-0.39, 0.29) is 30.7 Å². The van der Waals surface area contributed by atoms with Gasteiger partial charge in [-0.25, -0.2) is 0 Å². The van der Waals surface area contributed by atoms with E-state index in [1.165, 1.54) is 25.7 Å². The van der Waals surface area contributed by atoms with E-state index in [1.807, 2.05) is 12.1 Å². The first-order valence-corrected chi connectivity index (χ1v) is 8.43. The highest BCUT2D eigenvalue weighted by Crippen LogP contribution is 2.23. The Morgan fingerprint density at radius 3 is 2.91 bits per heavy atom. The standard InChI is InChI=1S/C17H28FN3O.HI/c1-14-6-2-3-8-16(14)21-17(19-11-5-10-18)20-12-9-15-7-4-13-22-15;/h4,7,13-14,16H,2-3,5-6,8-12H2,1H3,(H2,19,20,21);1H. The Morgan fingerprint density at radius 1 is 1.39 bits per heavy atom.